The first-order valence-electron chi connectivity index (χ1n) is 5.04. The van der Waals surface area contributed by atoms with Gasteiger partial charge in [0, 0.05) is 12.7 Å². The van der Waals surface area contributed by atoms with Crippen LogP contribution >= 0.6 is 0 Å². The van der Waals surface area contributed by atoms with Crippen molar-refractivity contribution in [2.24, 2.45) is 0 Å². The predicted molar refractivity (Wildman–Crippen MR) is 55.0 cm³/mol. The standard InChI is InChI=1S/C8H14NO.CH4O3S/c1-7-6-9-5-3-2-4-8(9)10-7;1-5(2,3)4/h7H,2-6H2,1H3;1H3,(H,2,3,4)/q+1;/p-1. The van der Waals surface area contributed by atoms with Crippen molar-refractivity contribution in [1.82, 2.24) is 0 Å². The Labute approximate surface area is 90.5 Å². The van der Waals surface area contributed by atoms with E-state index in [4.69, 9.17) is 17.7 Å². The number of hydrogen-bond donors (Lipinski definition) is 0. The summed E-state index contributed by atoms with van der Waals surface area (Å²) >= 11 is 0. The summed E-state index contributed by atoms with van der Waals surface area (Å²) < 4.78 is 35.2. The molecule has 2 heterocycles. The topological polar surface area (TPSA) is 69.4 Å². The summed E-state index contributed by atoms with van der Waals surface area (Å²) in [6.07, 6.45) is 4.88. The lowest BCUT2D eigenvalue weighted by Gasteiger charge is -2.04. The molecule has 2 aliphatic rings. The van der Waals surface area contributed by atoms with Crippen LogP contribution in [0.3, 0.4) is 0 Å². The molecule has 0 spiro atoms. The number of rotatable bonds is 0. The largest absolute Gasteiger partial charge is 0.748 e. The Morgan fingerprint density at radius 3 is 2.60 bits per heavy atom. The molecule has 6 heteroatoms. The van der Waals surface area contributed by atoms with E-state index in [1.165, 1.54) is 31.7 Å². The van der Waals surface area contributed by atoms with Crippen LogP contribution < -0.4 is 0 Å². The second-order valence-electron chi connectivity index (χ2n) is 3.93. The first kappa shape index (κ1) is 12.4. The van der Waals surface area contributed by atoms with Crippen LogP contribution in [0.5, 0.6) is 0 Å². The van der Waals surface area contributed by atoms with E-state index in [0.29, 0.717) is 12.4 Å². The molecular weight excluding hydrogens is 218 g/mol. The van der Waals surface area contributed by atoms with Gasteiger partial charge in [-0.25, -0.2) is 8.42 Å². The highest BCUT2D eigenvalue weighted by atomic mass is 32.2. The monoisotopic (exact) mass is 235 g/mol. The highest BCUT2D eigenvalue weighted by molar-refractivity contribution is 7.84. The Morgan fingerprint density at radius 2 is 2.07 bits per heavy atom. The van der Waals surface area contributed by atoms with Crippen molar-refractivity contribution in [1.29, 1.82) is 0 Å². The van der Waals surface area contributed by atoms with Crippen LogP contribution in [0.15, 0.2) is 0 Å². The number of nitrogens with zero attached hydrogens (tertiary/aromatic N) is 1. The summed E-state index contributed by atoms with van der Waals surface area (Å²) in [5, 5.41) is 0. The first-order valence-corrected chi connectivity index (χ1v) is 6.86. The fourth-order valence-corrected chi connectivity index (χ4v) is 1.77. The Kier molecular flexibility index (Phi) is 4.10. The zero-order chi connectivity index (χ0) is 11.5. The molecule has 5 nitrogen and oxygen atoms in total. The highest BCUT2D eigenvalue weighted by Gasteiger charge is 2.31. The van der Waals surface area contributed by atoms with Crippen molar-refractivity contribution in [2.75, 3.05) is 19.3 Å². The smallest absolute Gasteiger partial charge is 0.336 e. The minimum atomic E-state index is -3.92. The second kappa shape index (κ2) is 4.94. The van der Waals surface area contributed by atoms with Crippen molar-refractivity contribution in [3.63, 3.8) is 0 Å². The molecule has 88 valence electrons. The summed E-state index contributed by atoms with van der Waals surface area (Å²) in [4.78, 5) is 0. The molecule has 0 bridgehead atoms. The SMILES string of the molecule is CC1C[N+]2=C(CCCC2)O1.CS(=O)(=O)[O-]. The molecule has 0 aromatic carbocycles. The van der Waals surface area contributed by atoms with Crippen LogP contribution in [0, 0.1) is 0 Å². The molecule has 0 fully saturated rings. The van der Waals surface area contributed by atoms with Gasteiger partial charge in [-0.15, -0.1) is 0 Å². The van der Waals surface area contributed by atoms with E-state index in [1.54, 1.807) is 0 Å². The van der Waals surface area contributed by atoms with Crippen LogP contribution in [0.25, 0.3) is 0 Å². The zero-order valence-electron chi connectivity index (χ0n) is 9.10. The van der Waals surface area contributed by atoms with E-state index in [2.05, 4.69) is 11.5 Å². The van der Waals surface area contributed by atoms with Gasteiger partial charge in [-0.05, 0) is 13.3 Å². The minimum Gasteiger partial charge on any atom is -0.748 e. The van der Waals surface area contributed by atoms with Crippen molar-refractivity contribution in [2.45, 2.75) is 32.3 Å². The first-order chi connectivity index (χ1) is 6.86. The van der Waals surface area contributed by atoms with Gasteiger partial charge >= 0.3 is 5.90 Å². The molecule has 0 saturated carbocycles. The molecule has 0 saturated heterocycles. The van der Waals surface area contributed by atoms with Gasteiger partial charge in [-0.3, -0.25) is 0 Å². The Hall–Kier alpha value is -0.620. The van der Waals surface area contributed by atoms with Crippen LogP contribution in [0.4, 0.5) is 0 Å². The van der Waals surface area contributed by atoms with Gasteiger partial charge in [0.05, 0.1) is 16.5 Å². The van der Waals surface area contributed by atoms with Crippen molar-refractivity contribution in [3.05, 3.63) is 0 Å². The van der Waals surface area contributed by atoms with Crippen molar-refractivity contribution in [3.8, 4) is 0 Å². The van der Waals surface area contributed by atoms with Gasteiger partial charge < -0.3 is 9.29 Å². The van der Waals surface area contributed by atoms with Gasteiger partial charge in [0.15, 0.2) is 12.6 Å². The molecule has 0 aromatic heterocycles. The zero-order valence-corrected chi connectivity index (χ0v) is 9.92. The third-order valence-corrected chi connectivity index (χ3v) is 2.24. The van der Waals surface area contributed by atoms with Crippen LogP contribution in [0.2, 0.25) is 0 Å². The average molecular weight is 235 g/mol. The van der Waals surface area contributed by atoms with Gasteiger partial charge in [-0.1, -0.05) is 0 Å². The van der Waals surface area contributed by atoms with Gasteiger partial charge in [-0.2, -0.15) is 4.58 Å². The lowest BCUT2D eigenvalue weighted by molar-refractivity contribution is -0.526. The third-order valence-electron chi connectivity index (χ3n) is 2.24. The molecule has 1 unspecified atom stereocenters. The van der Waals surface area contributed by atoms with Crippen LogP contribution in [-0.2, 0) is 14.9 Å². The summed E-state index contributed by atoms with van der Waals surface area (Å²) in [6.45, 7) is 4.49. The second-order valence-corrected chi connectivity index (χ2v) is 5.34. The summed E-state index contributed by atoms with van der Waals surface area (Å²) in [5.74, 6) is 1.25. The van der Waals surface area contributed by atoms with Crippen molar-refractivity contribution >= 4 is 16.0 Å². The molecule has 0 amide bonds. The lowest BCUT2D eigenvalue weighted by Crippen LogP contribution is -2.21. The normalized spacial score (nSPS) is 25.1. The minimum absolute atomic E-state index is 0.438. The van der Waals surface area contributed by atoms with Crippen molar-refractivity contribution < 1.29 is 22.3 Å². The quantitative estimate of drug-likeness (QED) is 0.443. The molecule has 0 radical (unpaired) electrons. The Balaban J connectivity index is 0.000000195. The van der Waals surface area contributed by atoms with E-state index >= 15 is 0 Å². The Bertz CT molecular complexity index is 321. The average Bonchev–Trinajstić information content (AvgIpc) is 2.40. The third kappa shape index (κ3) is 5.13. The highest BCUT2D eigenvalue weighted by Crippen LogP contribution is 2.14. The lowest BCUT2D eigenvalue weighted by atomic mass is 10.2. The van der Waals surface area contributed by atoms with E-state index in [1.807, 2.05) is 0 Å². The molecule has 0 aliphatic carbocycles. The van der Waals surface area contributed by atoms with Gasteiger partial charge in [0.25, 0.3) is 0 Å². The molecule has 2 aliphatic heterocycles. The molecule has 0 aromatic rings. The maximum Gasteiger partial charge on any atom is 0.336 e. The van der Waals surface area contributed by atoms with Gasteiger partial charge in [0.2, 0.25) is 0 Å². The summed E-state index contributed by atoms with van der Waals surface area (Å²) in [6, 6.07) is 0. The molecule has 0 N–H and O–H groups in total. The predicted octanol–water partition coefficient (Wildman–Crippen LogP) is 0.161. The Morgan fingerprint density at radius 1 is 1.47 bits per heavy atom. The molecular formula is C9H17NO4S. The van der Waals surface area contributed by atoms with E-state index < -0.39 is 10.1 Å². The number of ether oxygens (including phenoxy) is 1. The summed E-state index contributed by atoms with van der Waals surface area (Å²) in [5.41, 5.74) is 0. The maximum absolute atomic E-state index is 9.08. The summed E-state index contributed by atoms with van der Waals surface area (Å²) in [7, 11) is -3.92. The van der Waals surface area contributed by atoms with E-state index in [-0.39, 0.29) is 0 Å². The van der Waals surface area contributed by atoms with E-state index in [9.17, 15) is 0 Å². The fourth-order valence-electron chi connectivity index (χ4n) is 1.77. The van der Waals surface area contributed by atoms with Crippen LogP contribution in [-0.4, -0.2) is 48.9 Å². The molecule has 2 rings (SSSR count). The van der Waals surface area contributed by atoms with E-state index in [0.717, 1.165) is 6.54 Å². The van der Waals surface area contributed by atoms with Crippen LogP contribution in [0.1, 0.15) is 26.2 Å². The number of hydrogen-bond acceptors (Lipinski definition) is 4. The fraction of sp³-hybridized carbons (Fsp3) is 0.889. The maximum atomic E-state index is 9.08. The molecule has 15 heavy (non-hydrogen) atoms. The van der Waals surface area contributed by atoms with Gasteiger partial charge in [0.1, 0.15) is 6.54 Å². The molecule has 1 atom stereocenters.